The lowest BCUT2D eigenvalue weighted by Gasteiger charge is -2.15. The molecule has 2 rings (SSSR count). The fourth-order valence-electron chi connectivity index (χ4n) is 1.46. The molecule has 0 aliphatic carbocycles. The number of carboxylic acids is 1. The molecular weight excluding hydrogens is 252 g/mol. The van der Waals surface area contributed by atoms with E-state index in [0.717, 1.165) is 16.3 Å². The van der Waals surface area contributed by atoms with Crippen molar-refractivity contribution in [2.45, 2.75) is 0 Å². The van der Waals surface area contributed by atoms with E-state index in [1.54, 1.807) is 35.7 Å². The van der Waals surface area contributed by atoms with Crippen LogP contribution in [0, 0.1) is 0 Å². The first-order chi connectivity index (χ1) is 8.61. The van der Waals surface area contributed by atoms with Crippen LogP contribution in [-0.2, 0) is 0 Å². The molecule has 92 valence electrons. The Bertz CT molecular complexity index is 580. The summed E-state index contributed by atoms with van der Waals surface area (Å²) >= 11 is 1.11. The fourth-order valence-corrected chi connectivity index (χ4v) is 2.27. The van der Waals surface area contributed by atoms with Gasteiger partial charge in [-0.05, 0) is 23.6 Å². The maximum absolute atomic E-state index is 12.0. The molecule has 1 amide bonds. The first-order valence-electron chi connectivity index (χ1n) is 5.06. The molecule has 0 unspecified atom stereocenters. The molecule has 1 heterocycles. The van der Waals surface area contributed by atoms with Gasteiger partial charge in [0.2, 0.25) is 0 Å². The monoisotopic (exact) mass is 262 g/mol. The van der Waals surface area contributed by atoms with Gasteiger partial charge in [0.1, 0.15) is 5.00 Å². The quantitative estimate of drug-likeness (QED) is 0.503. The van der Waals surface area contributed by atoms with Crippen molar-refractivity contribution in [3.05, 3.63) is 52.9 Å². The van der Waals surface area contributed by atoms with Crippen LogP contribution in [0.4, 0.5) is 5.00 Å². The van der Waals surface area contributed by atoms with Gasteiger partial charge in [-0.1, -0.05) is 18.2 Å². The van der Waals surface area contributed by atoms with Crippen molar-refractivity contribution in [1.29, 1.82) is 0 Å². The zero-order valence-electron chi connectivity index (χ0n) is 9.24. The molecule has 0 aliphatic heterocycles. The molecule has 1 aromatic carbocycles. The van der Waals surface area contributed by atoms with Crippen molar-refractivity contribution in [2.24, 2.45) is 5.84 Å². The summed E-state index contributed by atoms with van der Waals surface area (Å²) < 4.78 is 0. The average molecular weight is 262 g/mol. The summed E-state index contributed by atoms with van der Waals surface area (Å²) in [6.07, 6.45) is 0. The van der Waals surface area contributed by atoms with E-state index < -0.39 is 11.9 Å². The molecule has 0 fully saturated rings. The van der Waals surface area contributed by atoms with Crippen molar-refractivity contribution in [3.8, 4) is 0 Å². The van der Waals surface area contributed by atoms with Gasteiger partial charge in [0.25, 0.3) is 5.91 Å². The standard InChI is InChI=1S/C12H10N2O3S/c13-14(10(15)8-4-2-1-3-5-8)11-9(12(16)17)6-7-18-11/h1-7H,13H2,(H,16,17). The summed E-state index contributed by atoms with van der Waals surface area (Å²) in [6.45, 7) is 0. The number of anilines is 1. The number of thiophene rings is 1. The number of carbonyl (C=O) groups excluding carboxylic acids is 1. The number of hydrazine groups is 1. The number of nitrogens with two attached hydrogens (primary N) is 1. The van der Waals surface area contributed by atoms with Crippen LogP contribution in [0.1, 0.15) is 20.7 Å². The molecule has 0 atom stereocenters. The Morgan fingerprint density at radius 3 is 2.44 bits per heavy atom. The predicted molar refractivity (Wildman–Crippen MR) is 68.7 cm³/mol. The molecule has 0 radical (unpaired) electrons. The lowest BCUT2D eigenvalue weighted by atomic mass is 10.2. The van der Waals surface area contributed by atoms with E-state index in [4.69, 9.17) is 10.9 Å². The second-order valence-corrected chi connectivity index (χ2v) is 4.38. The number of carbonyl (C=O) groups is 2. The van der Waals surface area contributed by atoms with Crippen LogP contribution in [0.5, 0.6) is 0 Å². The lowest BCUT2D eigenvalue weighted by Crippen LogP contribution is -2.37. The summed E-state index contributed by atoms with van der Waals surface area (Å²) in [5, 5.41) is 11.6. The van der Waals surface area contributed by atoms with Crippen molar-refractivity contribution in [3.63, 3.8) is 0 Å². The molecule has 0 spiro atoms. The van der Waals surface area contributed by atoms with Crippen molar-refractivity contribution >= 4 is 28.2 Å². The van der Waals surface area contributed by atoms with Crippen LogP contribution in [0.25, 0.3) is 0 Å². The smallest absolute Gasteiger partial charge is 0.338 e. The van der Waals surface area contributed by atoms with E-state index in [2.05, 4.69) is 0 Å². The summed E-state index contributed by atoms with van der Waals surface area (Å²) in [6, 6.07) is 9.87. The van der Waals surface area contributed by atoms with E-state index in [1.807, 2.05) is 0 Å². The van der Waals surface area contributed by atoms with Gasteiger partial charge in [0, 0.05) is 5.56 Å². The Hall–Kier alpha value is -2.18. The molecular formula is C12H10N2O3S. The third kappa shape index (κ3) is 2.24. The van der Waals surface area contributed by atoms with Gasteiger partial charge >= 0.3 is 5.97 Å². The van der Waals surface area contributed by atoms with Gasteiger partial charge in [0.15, 0.2) is 0 Å². The van der Waals surface area contributed by atoms with Gasteiger partial charge in [-0.2, -0.15) is 0 Å². The first-order valence-corrected chi connectivity index (χ1v) is 5.94. The molecule has 2 aromatic rings. The van der Waals surface area contributed by atoms with E-state index in [1.165, 1.54) is 6.07 Å². The Morgan fingerprint density at radius 1 is 1.17 bits per heavy atom. The molecule has 0 saturated carbocycles. The second kappa shape index (κ2) is 4.99. The highest BCUT2D eigenvalue weighted by Gasteiger charge is 2.21. The SMILES string of the molecule is NN(C(=O)c1ccccc1)c1sccc1C(=O)O. The number of nitrogens with zero attached hydrogens (tertiary/aromatic N) is 1. The minimum atomic E-state index is -1.11. The van der Waals surface area contributed by atoms with E-state index in [0.29, 0.717) is 5.56 Å². The lowest BCUT2D eigenvalue weighted by molar-refractivity contribution is 0.0698. The summed E-state index contributed by atoms with van der Waals surface area (Å²) in [5.41, 5.74) is 0.427. The minimum absolute atomic E-state index is 0.0202. The van der Waals surface area contributed by atoms with Crippen molar-refractivity contribution < 1.29 is 14.7 Å². The van der Waals surface area contributed by atoms with Gasteiger partial charge in [-0.15, -0.1) is 11.3 Å². The molecule has 5 nitrogen and oxygen atoms in total. The highest BCUT2D eigenvalue weighted by atomic mass is 32.1. The maximum Gasteiger partial charge on any atom is 0.338 e. The molecule has 6 heteroatoms. The molecule has 18 heavy (non-hydrogen) atoms. The van der Waals surface area contributed by atoms with Gasteiger partial charge in [0.05, 0.1) is 5.56 Å². The number of benzene rings is 1. The van der Waals surface area contributed by atoms with Crippen molar-refractivity contribution in [2.75, 3.05) is 5.01 Å². The summed E-state index contributed by atoms with van der Waals surface area (Å²) in [7, 11) is 0. The first kappa shape index (κ1) is 12.3. The van der Waals surface area contributed by atoms with Gasteiger partial charge in [-0.3, -0.25) is 4.79 Å². The molecule has 0 saturated heterocycles. The van der Waals surface area contributed by atoms with Crippen LogP contribution in [0.2, 0.25) is 0 Å². The zero-order valence-corrected chi connectivity index (χ0v) is 10.1. The van der Waals surface area contributed by atoms with Crippen LogP contribution >= 0.6 is 11.3 Å². The molecule has 3 N–H and O–H groups in total. The van der Waals surface area contributed by atoms with Gasteiger partial charge in [-0.25, -0.2) is 15.6 Å². The van der Waals surface area contributed by atoms with Crippen molar-refractivity contribution in [1.82, 2.24) is 0 Å². The second-order valence-electron chi connectivity index (χ2n) is 3.49. The summed E-state index contributed by atoms with van der Waals surface area (Å²) in [5.74, 6) is 4.13. The van der Waals surface area contributed by atoms with Crippen LogP contribution in [0.3, 0.4) is 0 Å². The van der Waals surface area contributed by atoms with E-state index >= 15 is 0 Å². The topological polar surface area (TPSA) is 83.6 Å². The Morgan fingerprint density at radius 2 is 1.83 bits per heavy atom. The molecule has 0 aliphatic rings. The maximum atomic E-state index is 12.0. The largest absolute Gasteiger partial charge is 0.478 e. The minimum Gasteiger partial charge on any atom is -0.478 e. The highest BCUT2D eigenvalue weighted by molar-refractivity contribution is 7.14. The molecule has 0 bridgehead atoms. The summed E-state index contributed by atoms with van der Waals surface area (Å²) in [4.78, 5) is 23.0. The highest BCUT2D eigenvalue weighted by Crippen LogP contribution is 2.26. The number of aromatic carboxylic acids is 1. The number of rotatable bonds is 3. The number of amides is 1. The average Bonchev–Trinajstić information content (AvgIpc) is 2.87. The predicted octanol–water partition coefficient (Wildman–Crippen LogP) is 1.97. The Balaban J connectivity index is 2.32. The van der Waals surface area contributed by atoms with Crippen LogP contribution < -0.4 is 10.9 Å². The molecule has 1 aromatic heterocycles. The Kier molecular flexibility index (Phi) is 3.40. The normalized spacial score (nSPS) is 10.1. The van der Waals surface area contributed by atoms with Crippen LogP contribution in [-0.4, -0.2) is 17.0 Å². The third-order valence-corrected chi connectivity index (χ3v) is 3.25. The van der Waals surface area contributed by atoms with E-state index in [-0.39, 0.29) is 10.6 Å². The fraction of sp³-hybridized carbons (Fsp3) is 0. The number of carboxylic acid groups (broad SMARTS) is 1. The zero-order chi connectivity index (χ0) is 13.1. The third-order valence-electron chi connectivity index (χ3n) is 2.33. The van der Waals surface area contributed by atoms with E-state index in [9.17, 15) is 9.59 Å². The number of hydrogen-bond acceptors (Lipinski definition) is 4. The Labute approximate surface area is 107 Å². The van der Waals surface area contributed by atoms with Gasteiger partial charge < -0.3 is 5.11 Å². The number of hydrogen-bond donors (Lipinski definition) is 2. The van der Waals surface area contributed by atoms with Crippen LogP contribution in [0.15, 0.2) is 41.8 Å².